The number of hydrogen-bond donors (Lipinski definition) is 1. The standard InChI is InChI=1S/C27H23F4N5O3S/c1-16-4-6-19(39-16)14-34-24(37)20-7-5-17(11-22(20)28)36(15-40)26(8-3-9-26)25(38)35(2)18-10-21(27(29,30)31)23(12-32)33-13-18/h4-7,10-11,13,15H,3,8-9,14H2,1-2H3,(H,34,37). The molecule has 0 radical (unpaired) electrons. The number of alkyl halides is 3. The number of thiocarbonyl (C=S) groups is 1. The van der Waals surface area contributed by atoms with Crippen LogP contribution in [-0.4, -0.2) is 34.9 Å². The van der Waals surface area contributed by atoms with Crippen LogP contribution in [0.1, 0.15) is 52.4 Å². The fourth-order valence-electron chi connectivity index (χ4n) is 4.53. The predicted molar refractivity (Wildman–Crippen MR) is 141 cm³/mol. The number of rotatable bonds is 8. The van der Waals surface area contributed by atoms with Crippen molar-refractivity contribution in [2.24, 2.45) is 0 Å². The van der Waals surface area contributed by atoms with Crippen LogP contribution < -0.4 is 15.1 Å². The molecule has 13 heteroatoms. The number of carbonyl (C=O) groups excluding carboxylic acids is 2. The number of furan rings is 1. The van der Waals surface area contributed by atoms with E-state index in [1.807, 2.05) is 0 Å². The molecule has 0 spiro atoms. The molecule has 1 saturated carbocycles. The van der Waals surface area contributed by atoms with E-state index in [2.05, 4.69) is 10.3 Å². The van der Waals surface area contributed by atoms with Crippen molar-refractivity contribution in [2.75, 3.05) is 16.8 Å². The van der Waals surface area contributed by atoms with Crippen LogP contribution in [0.2, 0.25) is 0 Å². The molecule has 1 aromatic carbocycles. The number of amides is 2. The second kappa shape index (κ2) is 11.1. The van der Waals surface area contributed by atoms with Crippen molar-refractivity contribution in [1.82, 2.24) is 10.3 Å². The van der Waals surface area contributed by atoms with Crippen molar-refractivity contribution in [3.05, 3.63) is 76.8 Å². The molecule has 2 amide bonds. The highest BCUT2D eigenvalue weighted by molar-refractivity contribution is 7.79. The molecule has 3 aromatic rings. The highest BCUT2D eigenvalue weighted by Crippen LogP contribution is 2.43. The van der Waals surface area contributed by atoms with Gasteiger partial charge in [0, 0.05) is 12.7 Å². The second-order valence-corrected chi connectivity index (χ2v) is 9.49. The predicted octanol–water partition coefficient (Wildman–Crippen LogP) is 5.29. The lowest BCUT2D eigenvalue weighted by molar-refractivity contribution is -0.138. The van der Waals surface area contributed by atoms with Crippen LogP contribution in [-0.2, 0) is 17.5 Å². The van der Waals surface area contributed by atoms with Crippen molar-refractivity contribution in [1.29, 1.82) is 5.26 Å². The summed E-state index contributed by atoms with van der Waals surface area (Å²) in [6.07, 6.45) is -2.63. The molecule has 40 heavy (non-hydrogen) atoms. The molecular weight excluding hydrogens is 550 g/mol. The first-order valence-corrected chi connectivity index (χ1v) is 12.5. The van der Waals surface area contributed by atoms with Crippen molar-refractivity contribution in [3.63, 3.8) is 0 Å². The monoisotopic (exact) mass is 573 g/mol. The van der Waals surface area contributed by atoms with E-state index in [0.717, 1.165) is 17.2 Å². The lowest BCUT2D eigenvalue weighted by atomic mass is 9.74. The van der Waals surface area contributed by atoms with Crippen molar-refractivity contribution in [3.8, 4) is 6.07 Å². The van der Waals surface area contributed by atoms with Gasteiger partial charge in [0.25, 0.3) is 11.8 Å². The smallest absolute Gasteiger partial charge is 0.419 e. The number of carbonyl (C=O) groups is 2. The maximum absolute atomic E-state index is 15.1. The number of anilines is 2. The second-order valence-electron chi connectivity index (χ2n) is 9.28. The van der Waals surface area contributed by atoms with E-state index in [1.165, 1.54) is 35.6 Å². The summed E-state index contributed by atoms with van der Waals surface area (Å²) in [7, 11) is 1.29. The zero-order chi connectivity index (χ0) is 29.2. The Bertz CT molecular complexity index is 1510. The topological polar surface area (TPSA) is 102 Å². The minimum Gasteiger partial charge on any atom is -0.465 e. The molecule has 4 rings (SSSR count). The van der Waals surface area contributed by atoms with E-state index in [1.54, 1.807) is 19.1 Å². The van der Waals surface area contributed by atoms with Gasteiger partial charge in [-0.25, -0.2) is 9.37 Å². The van der Waals surface area contributed by atoms with Crippen LogP contribution in [0, 0.1) is 24.1 Å². The largest absolute Gasteiger partial charge is 0.465 e. The van der Waals surface area contributed by atoms with Crippen LogP contribution in [0.3, 0.4) is 0 Å². The SMILES string of the molecule is Cc1ccc(CNC(=O)c2ccc(N(C=S)C3(C(=O)N(C)c4cnc(C#N)c(C(F)(F)F)c4)CCC3)cc2F)o1. The Morgan fingerprint density at radius 2 is 1.95 bits per heavy atom. The maximum Gasteiger partial charge on any atom is 0.419 e. The summed E-state index contributed by atoms with van der Waals surface area (Å²) in [4.78, 5) is 32.2. The molecule has 208 valence electrons. The molecular formula is C27H23F4N5O3S. The molecule has 1 aliphatic carbocycles. The van der Waals surface area contributed by atoms with E-state index < -0.39 is 40.6 Å². The van der Waals surface area contributed by atoms with Crippen LogP contribution >= 0.6 is 12.2 Å². The van der Waals surface area contributed by atoms with Gasteiger partial charge in [0.2, 0.25) is 0 Å². The summed E-state index contributed by atoms with van der Waals surface area (Å²) in [6, 6.07) is 9.30. The summed E-state index contributed by atoms with van der Waals surface area (Å²) in [5.41, 5.74) is -2.40. The average molecular weight is 574 g/mol. The number of aromatic nitrogens is 1. The minimum absolute atomic E-state index is 0.0597. The first kappa shape index (κ1) is 28.7. The van der Waals surface area contributed by atoms with Gasteiger partial charge in [-0.2, -0.15) is 18.4 Å². The third-order valence-corrected chi connectivity index (χ3v) is 7.03. The summed E-state index contributed by atoms with van der Waals surface area (Å²) in [6.45, 7) is 1.81. The van der Waals surface area contributed by atoms with E-state index in [4.69, 9.17) is 21.9 Å². The van der Waals surface area contributed by atoms with Gasteiger partial charge >= 0.3 is 6.18 Å². The number of likely N-dealkylation sites (N-methyl/N-ethyl adjacent to an activating group) is 1. The number of benzene rings is 1. The number of hydrogen-bond acceptors (Lipinski definition) is 6. The van der Waals surface area contributed by atoms with Crippen LogP contribution in [0.15, 0.2) is 47.0 Å². The summed E-state index contributed by atoms with van der Waals surface area (Å²) < 4.78 is 60.9. The molecule has 1 fully saturated rings. The molecule has 0 aliphatic heterocycles. The summed E-state index contributed by atoms with van der Waals surface area (Å²) in [5.74, 6) is -0.940. The van der Waals surface area contributed by atoms with Crippen LogP contribution in [0.4, 0.5) is 28.9 Å². The van der Waals surface area contributed by atoms with Gasteiger partial charge < -0.3 is 19.5 Å². The third kappa shape index (κ3) is 5.40. The van der Waals surface area contributed by atoms with Gasteiger partial charge in [-0.3, -0.25) is 9.59 Å². The first-order chi connectivity index (χ1) is 18.9. The fraction of sp³-hybridized carbons (Fsp3) is 0.296. The zero-order valence-corrected chi connectivity index (χ0v) is 22.2. The van der Waals surface area contributed by atoms with E-state index >= 15 is 4.39 Å². The molecule has 0 bridgehead atoms. The van der Waals surface area contributed by atoms with Gasteiger partial charge in [-0.1, -0.05) is 12.2 Å². The third-order valence-electron chi connectivity index (χ3n) is 6.82. The molecule has 1 N–H and O–H groups in total. The molecule has 1 aliphatic rings. The van der Waals surface area contributed by atoms with Crippen molar-refractivity contribution >= 4 is 40.9 Å². The van der Waals surface area contributed by atoms with Gasteiger partial charge in [0.15, 0.2) is 5.69 Å². The number of nitriles is 1. The highest BCUT2D eigenvalue weighted by atomic mass is 32.1. The van der Waals surface area contributed by atoms with E-state index in [-0.39, 0.29) is 23.5 Å². The zero-order valence-electron chi connectivity index (χ0n) is 21.4. The first-order valence-electron chi connectivity index (χ1n) is 12.0. The summed E-state index contributed by atoms with van der Waals surface area (Å²) in [5, 5.41) is 11.6. The normalized spacial score (nSPS) is 14.0. The highest BCUT2D eigenvalue weighted by Gasteiger charge is 2.51. The Labute approximate surface area is 232 Å². The fourth-order valence-corrected chi connectivity index (χ4v) is 4.85. The Balaban J connectivity index is 1.58. The average Bonchev–Trinajstić information content (AvgIpc) is 3.32. The van der Waals surface area contributed by atoms with Crippen LogP contribution in [0.25, 0.3) is 0 Å². The van der Waals surface area contributed by atoms with Gasteiger partial charge in [0.05, 0.1) is 35.0 Å². The maximum atomic E-state index is 15.1. The molecule has 0 saturated heterocycles. The molecule has 2 aromatic heterocycles. The van der Waals surface area contributed by atoms with Gasteiger partial charge in [0.1, 0.15) is 28.9 Å². The Kier molecular flexibility index (Phi) is 7.93. The molecule has 8 nitrogen and oxygen atoms in total. The lowest BCUT2D eigenvalue weighted by Gasteiger charge is -2.49. The van der Waals surface area contributed by atoms with E-state index in [9.17, 15) is 22.8 Å². The quantitative estimate of drug-likeness (QED) is 0.289. The number of nitrogens with zero attached hydrogens (tertiary/aromatic N) is 4. The Morgan fingerprint density at radius 3 is 2.48 bits per heavy atom. The number of pyridine rings is 1. The summed E-state index contributed by atoms with van der Waals surface area (Å²) >= 11 is 5.17. The van der Waals surface area contributed by atoms with Gasteiger partial charge in [-0.15, -0.1) is 0 Å². The van der Waals surface area contributed by atoms with Crippen molar-refractivity contribution < 1.29 is 31.6 Å². The Hall–Kier alpha value is -4.31. The van der Waals surface area contributed by atoms with Crippen molar-refractivity contribution in [2.45, 2.75) is 44.4 Å². The molecule has 2 heterocycles. The lowest BCUT2D eigenvalue weighted by Crippen LogP contribution is -2.63. The molecule has 0 atom stereocenters. The minimum atomic E-state index is -4.85. The number of aryl methyl sites for hydroxylation is 1. The number of halogens is 4. The number of nitrogens with one attached hydrogen (secondary N) is 1. The van der Waals surface area contributed by atoms with Gasteiger partial charge in [-0.05, 0) is 62.6 Å². The van der Waals surface area contributed by atoms with E-state index in [0.29, 0.717) is 36.8 Å². The Morgan fingerprint density at radius 1 is 1.23 bits per heavy atom. The molecule has 0 unspecified atom stereocenters. The van der Waals surface area contributed by atoms with Crippen LogP contribution in [0.5, 0.6) is 0 Å².